The molecule has 5 heteroatoms. The van der Waals surface area contributed by atoms with Crippen LogP contribution in [0, 0.1) is 5.41 Å². The maximum Gasteiger partial charge on any atom is 0.116 e. The monoisotopic (exact) mass is 479 g/mol. The van der Waals surface area contributed by atoms with Crippen LogP contribution in [0.15, 0.2) is 84.5 Å². The Morgan fingerprint density at radius 1 is 0.971 bits per heavy atom. The predicted molar refractivity (Wildman–Crippen MR) is 145 cm³/mol. The van der Waals surface area contributed by atoms with Gasteiger partial charge in [0.1, 0.15) is 11.2 Å². The molecule has 3 nitrogen and oxygen atoms in total. The van der Waals surface area contributed by atoms with Crippen molar-refractivity contribution in [3.05, 3.63) is 95.8 Å². The van der Waals surface area contributed by atoms with Crippen LogP contribution in [-0.2, 0) is 5.41 Å². The summed E-state index contributed by atoms with van der Waals surface area (Å²) in [7, 11) is 0. The SMILES string of the molecule is CC(C)(C)C1(c2ccccc2)C=CC(c2cnc3c(-c4cc5sccc5s4)nccc3n2)=CC1. The van der Waals surface area contributed by atoms with Crippen molar-refractivity contribution in [2.24, 2.45) is 5.41 Å². The minimum absolute atomic E-state index is 0.0504. The molecule has 0 N–H and O–H groups in total. The molecule has 1 aliphatic carbocycles. The van der Waals surface area contributed by atoms with Gasteiger partial charge in [-0.25, -0.2) is 9.97 Å². The molecule has 6 rings (SSSR count). The van der Waals surface area contributed by atoms with Crippen molar-refractivity contribution >= 4 is 48.7 Å². The van der Waals surface area contributed by atoms with Crippen LogP contribution in [0.4, 0.5) is 0 Å². The number of allylic oxidation sites excluding steroid dienone is 4. The summed E-state index contributed by atoms with van der Waals surface area (Å²) in [5.74, 6) is 0. The summed E-state index contributed by atoms with van der Waals surface area (Å²) in [5.41, 5.74) is 6.06. The van der Waals surface area contributed by atoms with Gasteiger partial charge in [0.2, 0.25) is 0 Å². The Balaban J connectivity index is 1.37. The van der Waals surface area contributed by atoms with Gasteiger partial charge in [0.15, 0.2) is 0 Å². The van der Waals surface area contributed by atoms with Gasteiger partial charge in [-0.15, -0.1) is 22.7 Å². The quantitative estimate of drug-likeness (QED) is 0.261. The summed E-state index contributed by atoms with van der Waals surface area (Å²) in [4.78, 5) is 15.6. The molecule has 0 bridgehead atoms. The Morgan fingerprint density at radius 3 is 2.56 bits per heavy atom. The first-order valence-corrected chi connectivity index (χ1v) is 13.2. The molecule has 0 radical (unpaired) electrons. The van der Waals surface area contributed by atoms with Crippen LogP contribution in [0.25, 0.3) is 36.6 Å². The molecule has 1 unspecified atom stereocenters. The van der Waals surface area contributed by atoms with E-state index in [1.807, 2.05) is 18.5 Å². The van der Waals surface area contributed by atoms with Gasteiger partial charge in [0, 0.05) is 21.0 Å². The topological polar surface area (TPSA) is 38.7 Å². The average molecular weight is 480 g/mol. The van der Waals surface area contributed by atoms with E-state index in [2.05, 4.69) is 91.8 Å². The second kappa shape index (κ2) is 7.97. The average Bonchev–Trinajstić information content (AvgIpc) is 3.46. The van der Waals surface area contributed by atoms with E-state index in [4.69, 9.17) is 9.97 Å². The fourth-order valence-corrected chi connectivity index (χ4v) is 7.02. The van der Waals surface area contributed by atoms with Crippen molar-refractivity contribution in [1.29, 1.82) is 0 Å². The van der Waals surface area contributed by atoms with Crippen LogP contribution in [0.1, 0.15) is 38.4 Å². The van der Waals surface area contributed by atoms with Gasteiger partial charge in [-0.2, -0.15) is 0 Å². The second-order valence-corrected chi connectivity index (χ2v) is 11.9. The van der Waals surface area contributed by atoms with Gasteiger partial charge >= 0.3 is 0 Å². The lowest BCUT2D eigenvalue weighted by Gasteiger charge is -2.44. The lowest BCUT2D eigenvalue weighted by Crippen LogP contribution is -2.39. The predicted octanol–water partition coefficient (Wildman–Crippen LogP) is 8.30. The maximum atomic E-state index is 4.99. The normalized spacial score (nSPS) is 18.5. The third-order valence-corrected chi connectivity index (χ3v) is 9.05. The van der Waals surface area contributed by atoms with Crippen molar-refractivity contribution in [2.75, 3.05) is 0 Å². The van der Waals surface area contributed by atoms with E-state index < -0.39 is 0 Å². The number of hydrogen-bond acceptors (Lipinski definition) is 5. The number of thiophene rings is 2. The standard InChI is InChI=1S/C29H25N3S2/c1-28(2,3)29(20-7-5-4-6-8-20)13-9-19(10-14-29)22-18-31-26-21(32-22)11-15-30-27(26)25-17-24-23(34-25)12-16-33-24/h4-13,15-18H,14H2,1-3H3. The molecule has 4 aromatic heterocycles. The Kier molecular flexibility index (Phi) is 5.01. The van der Waals surface area contributed by atoms with Crippen LogP contribution in [0.5, 0.6) is 0 Å². The van der Waals surface area contributed by atoms with E-state index in [-0.39, 0.29) is 10.8 Å². The third kappa shape index (κ3) is 3.42. The highest BCUT2D eigenvalue weighted by atomic mass is 32.1. The molecule has 0 saturated heterocycles. The highest BCUT2D eigenvalue weighted by molar-refractivity contribution is 7.28. The van der Waals surface area contributed by atoms with Gasteiger partial charge in [-0.05, 0) is 46.6 Å². The first kappa shape index (κ1) is 21.4. The molecule has 5 aromatic rings. The number of pyridine rings is 1. The van der Waals surface area contributed by atoms with Gasteiger partial charge < -0.3 is 0 Å². The number of fused-ring (bicyclic) bond motifs is 2. The molecule has 0 spiro atoms. The Morgan fingerprint density at radius 2 is 1.82 bits per heavy atom. The van der Waals surface area contributed by atoms with Gasteiger partial charge in [-0.1, -0.05) is 69.3 Å². The zero-order valence-electron chi connectivity index (χ0n) is 19.4. The minimum Gasteiger partial charge on any atom is -0.253 e. The molecule has 1 atom stereocenters. The van der Waals surface area contributed by atoms with Gasteiger partial charge in [-0.3, -0.25) is 4.98 Å². The summed E-state index contributed by atoms with van der Waals surface area (Å²) in [5, 5.41) is 2.13. The molecule has 1 aromatic carbocycles. The molecular weight excluding hydrogens is 454 g/mol. The van der Waals surface area contributed by atoms with E-state index >= 15 is 0 Å². The van der Waals surface area contributed by atoms with Crippen LogP contribution < -0.4 is 0 Å². The van der Waals surface area contributed by atoms with Gasteiger partial charge in [0.25, 0.3) is 0 Å². The number of rotatable bonds is 3. The van der Waals surface area contributed by atoms with E-state index in [0.29, 0.717) is 0 Å². The fourth-order valence-electron chi connectivity index (χ4n) is 4.92. The van der Waals surface area contributed by atoms with Crippen molar-refractivity contribution < 1.29 is 0 Å². The summed E-state index contributed by atoms with van der Waals surface area (Å²) < 4.78 is 2.59. The lowest BCUT2D eigenvalue weighted by molar-refractivity contribution is 0.237. The smallest absolute Gasteiger partial charge is 0.116 e. The summed E-state index contributed by atoms with van der Waals surface area (Å²) >= 11 is 3.52. The largest absolute Gasteiger partial charge is 0.253 e. The Bertz CT molecular complexity index is 1540. The third-order valence-electron chi connectivity index (χ3n) is 6.95. The first-order valence-electron chi connectivity index (χ1n) is 11.5. The van der Waals surface area contributed by atoms with Crippen molar-refractivity contribution in [2.45, 2.75) is 32.6 Å². The highest BCUT2D eigenvalue weighted by Crippen LogP contribution is 2.48. The number of hydrogen-bond donors (Lipinski definition) is 0. The molecule has 168 valence electrons. The molecule has 1 aliphatic rings. The highest BCUT2D eigenvalue weighted by Gasteiger charge is 2.41. The van der Waals surface area contributed by atoms with Gasteiger partial charge in [0.05, 0.1) is 22.3 Å². The molecule has 0 saturated carbocycles. The van der Waals surface area contributed by atoms with Crippen molar-refractivity contribution in [3.63, 3.8) is 0 Å². The Labute approximate surface area is 207 Å². The van der Waals surface area contributed by atoms with Crippen LogP contribution in [0.2, 0.25) is 0 Å². The van der Waals surface area contributed by atoms with Crippen molar-refractivity contribution in [1.82, 2.24) is 15.0 Å². The number of benzene rings is 1. The molecule has 0 fully saturated rings. The fraction of sp³-hybridized carbons (Fsp3) is 0.207. The molecule has 0 amide bonds. The number of nitrogens with zero attached hydrogens (tertiary/aromatic N) is 3. The van der Waals surface area contributed by atoms with E-state index in [1.54, 1.807) is 22.7 Å². The van der Waals surface area contributed by atoms with E-state index in [0.717, 1.165) is 39.3 Å². The zero-order chi connectivity index (χ0) is 23.3. The summed E-state index contributed by atoms with van der Waals surface area (Å²) in [6.07, 6.45) is 11.6. The second-order valence-electron chi connectivity index (χ2n) is 9.83. The minimum atomic E-state index is -0.0504. The van der Waals surface area contributed by atoms with Crippen LogP contribution >= 0.6 is 22.7 Å². The summed E-state index contributed by atoms with van der Waals surface area (Å²) in [6.45, 7) is 6.97. The lowest BCUT2D eigenvalue weighted by atomic mass is 9.59. The summed E-state index contributed by atoms with van der Waals surface area (Å²) in [6, 6.07) is 17.2. The van der Waals surface area contributed by atoms with Crippen LogP contribution in [-0.4, -0.2) is 15.0 Å². The zero-order valence-corrected chi connectivity index (χ0v) is 21.1. The Hall–Kier alpha value is -3.15. The first-order chi connectivity index (χ1) is 16.4. The molecule has 34 heavy (non-hydrogen) atoms. The van der Waals surface area contributed by atoms with E-state index in [9.17, 15) is 0 Å². The number of aromatic nitrogens is 3. The maximum absolute atomic E-state index is 4.99. The molecule has 0 aliphatic heterocycles. The van der Waals surface area contributed by atoms with Crippen molar-refractivity contribution in [3.8, 4) is 10.6 Å². The molecular formula is C29H25N3S2. The van der Waals surface area contributed by atoms with E-state index in [1.165, 1.54) is 15.0 Å². The van der Waals surface area contributed by atoms with Crippen LogP contribution in [0.3, 0.4) is 0 Å². The molecule has 4 heterocycles.